The first kappa shape index (κ1) is 13.2. The van der Waals surface area contributed by atoms with Crippen molar-refractivity contribution in [2.75, 3.05) is 5.75 Å². The Labute approximate surface area is 98.8 Å². The Morgan fingerprint density at radius 2 is 2.25 bits per heavy atom. The van der Waals surface area contributed by atoms with E-state index in [0.717, 1.165) is 16.9 Å². The highest BCUT2D eigenvalue weighted by Crippen LogP contribution is 2.23. The van der Waals surface area contributed by atoms with Crippen LogP contribution in [0.2, 0.25) is 0 Å². The first-order valence-electron chi connectivity index (χ1n) is 5.20. The number of aromatic nitrogens is 2. The Balaban J connectivity index is 2.57. The molecule has 0 unspecified atom stereocenters. The Bertz CT molecular complexity index is 368. The van der Waals surface area contributed by atoms with Crippen LogP contribution in [0.15, 0.2) is 23.5 Å². The zero-order valence-corrected chi connectivity index (χ0v) is 10.5. The zero-order valence-electron chi connectivity index (χ0n) is 9.70. The fourth-order valence-corrected chi connectivity index (χ4v) is 2.52. The van der Waals surface area contributed by atoms with Crippen molar-refractivity contribution >= 4 is 11.8 Å². The van der Waals surface area contributed by atoms with Crippen molar-refractivity contribution in [3.8, 4) is 0 Å². The van der Waals surface area contributed by atoms with E-state index in [1.54, 1.807) is 0 Å². The molecule has 16 heavy (non-hydrogen) atoms. The predicted molar refractivity (Wildman–Crippen MR) is 63.0 cm³/mol. The Morgan fingerprint density at radius 3 is 2.81 bits per heavy atom. The van der Waals surface area contributed by atoms with Crippen LogP contribution >= 0.6 is 11.8 Å². The summed E-state index contributed by atoms with van der Waals surface area (Å²) in [5, 5.41) is 0.903. The molecule has 0 saturated carbocycles. The van der Waals surface area contributed by atoms with E-state index in [2.05, 4.69) is 23.4 Å². The third kappa shape index (κ3) is 3.63. The van der Waals surface area contributed by atoms with Gasteiger partial charge >= 0.3 is 0 Å². The topological polar surface area (TPSA) is 17.8 Å². The third-order valence-electron chi connectivity index (χ3n) is 2.11. The molecule has 0 aliphatic rings. The Hall–Kier alpha value is -0.840. The van der Waals surface area contributed by atoms with Gasteiger partial charge in [-0.25, -0.2) is 4.98 Å². The Morgan fingerprint density at radius 1 is 1.56 bits per heavy atom. The normalized spacial score (nSPS) is 10.9. The average Bonchev–Trinajstić information content (AvgIpc) is 2.54. The molecule has 0 fully saturated rings. The summed E-state index contributed by atoms with van der Waals surface area (Å²) in [6, 6.07) is 0.346. The first-order chi connectivity index (χ1) is 7.52. The summed E-state index contributed by atoms with van der Waals surface area (Å²) >= 11 is 1.51. The standard InChI is InChI=1S/C11H16F2N2S/c1-8(2)15-9(3)7-14-11(15)16-6-4-5-10(12)13/h5,7-8H,4,6H2,1-3H3. The van der Waals surface area contributed by atoms with Gasteiger partial charge in [0.15, 0.2) is 5.16 Å². The summed E-state index contributed by atoms with van der Waals surface area (Å²) in [6.45, 7) is 6.16. The van der Waals surface area contributed by atoms with Gasteiger partial charge in [0.05, 0.1) is 0 Å². The van der Waals surface area contributed by atoms with E-state index in [0.29, 0.717) is 18.2 Å². The van der Waals surface area contributed by atoms with Gasteiger partial charge < -0.3 is 4.57 Å². The SMILES string of the molecule is Cc1cnc(SCCC=C(F)F)n1C(C)C. The molecule has 1 rings (SSSR count). The highest BCUT2D eigenvalue weighted by atomic mass is 32.2. The van der Waals surface area contributed by atoms with Crippen molar-refractivity contribution in [3.63, 3.8) is 0 Å². The maximum atomic E-state index is 11.8. The van der Waals surface area contributed by atoms with Crippen LogP contribution in [-0.2, 0) is 0 Å². The fraction of sp³-hybridized carbons (Fsp3) is 0.545. The highest BCUT2D eigenvalue weighted by Gasteiger charge is 2.09. The second-order valence-corrected chi connectivity index (χ2v) is 4.84. The van der Waals surface area contributed by atoms with Gasteiger partial charge in [0.25, 0.3) is 6.08 Å². The molecule has 0 amide bonds. The fourth-order valence-electron chi connectivity index (χ4n) is 1.48. The summed E-state index contributed by atoms with van der Waals surface area (Å²) in [5.74, 6) is 0.626. The number of halogens is 2. The molecule has 1 heterocycles. The van der Waals surface area contributed by atoms with Crippen LogP contribution in [0.3, 0.4) is 0 Å². The van der Waals surface area contributed by atoms with Gasteiger partial charge in [0, 0.05) is 23.7 Å². The maximum absolute atomic E-state index is 11.8. The van der Waals surface area contributed by atoms with Crippen LogP contribution in [-0.4, -0.2) is 15.3 Å². The minimum atomic E-state index is -1.61. The van der Waals surface area contributed by atoms with E-state index in [-0.39, 0.29) is 0 Å². The molecule has 0 saturated heterocycles. The van der Waals surface area contributed by atoms with Crippen molar-refractivity contribution in [2.45, 2.75) is 38.4 Å². The van der Waals surface area contributed by atoms with E-state index in [1.165, 1.54) is 11.8 Å². The smallest absolute Gasteiger partial charge is 0.266 e. The van der Waals surface area contributed by atoms with Crippen LogP contribution in [0.5, 0.6) is 0 Å². The minimum absolute atomic E-state index is 0.346. The van der Waals surface area contributed by atoms with Crippen LogP contribution in [0, 0.1) is 6.92 Å². The number of allylic oxidation sites excluding steroid dienone is 1. The van der Waals surface area contributed by atoms with E-state index in [1.807, 2.05) is 13.1 Å². The Kier molecular flexibility index (Phi) is 4.99. The van der Waals surface area contributed by atoms with Crippen LogP contribution in [0.4, 0.5) is 8.78 Å². The van der Waals surface area contributed by atoms with Crippen molar-refractivity contribution in [1.82, 2.24) is 9.55 Å². The van der Waals surface area contributed by atoms with Gasteiger partial charge in [0.1, 0.15) is 0 Å². The van der Waals surface area contributed by atoms with E-state index < -0.39 is 6.08 Å². The predicted octanol–water partition coefficient (Wildman–Crippen LogP) is 4.04. The van der Waals surface area contributed by atoms with Gasteiger partial charge in [-0.05, 0) is 33.3 Å². The quantitative estimate of drug-likeness (QED) is 0.576. The van der Waals surface area contributed by atoms with Crippen LogP contribution in [0.1, 0.15) is 32.0 Å². The lowest BCUT2D eigenvalue weighted by molar-refractivity contribution is 0.418. The molecule has 0 aliphatic carbocycles. The molecule has 2 nitrogen and oxygen atoms in total. The van der Waals surface area contributed by atoms with Crippen LogP contribution in [0.25, 0.3) is 0 Å². The van der Waals surface area contributed by atoms with Gasteiger partial charge in [0.2, 0.25) is 0 Å². The lowest BCUT2D eigenvalue weighted by Gasteiger charge is -2.12. The molecule has 1 aromatic rings. The van der Waals surface area contributed by atoms with Crippen molar-refractivity contribution in [1.29, 1.82) is 0 Å². The molecule has 0 bridgehead atoms. The van der Waals surface area contributed by atoms with Crippen molar-refractivity contribution in [3.05, 3.63) is 24.0 Å². The second kappa shape index (κ2) is 6.03. The van der Waals surface area contributed by atoms with E-state index >= 15 is 0 Å². The number of thioether (sulfide) groups is 1. The van der Waals surface area contributed by atoms with Crippen molar-refractivity contribution < 1.29 is 8.78 Å². The largest absolute Gasteiger partial charge is 0.321 e. The van der Waals surface area contributed by atoms with Gasteiger partial charge in [-0.15, -0.1) is 0 Å². The van der Waals surface area contributed by atoms with E-state index in [9.17, 15) is 8.78 Å². The molecule has 0 atom stereocenters. The molecule has 0 N–H and O–H groups in total. The van der Waals surface area contributed by atoms with Crippen LogP contribution < -0.4 is 0 Å². The van der Waals surface area contributed by atoms with E-state index in [4.69, 9.17) is 0 Å². The zero-order chi connectivity index (χ0) is 12.1. The lowest BCUT2D eigenvalue weighted by Crippen LogP contribution is -2.04. The molecule has 1 aromatic heterocycles. The summed E-state index contributed by atoms with van der Waals surface area (Å²) in [5.41, 5.74) is 1.10. The van der Waals surface area contributed by atoms with Gasteiger partial charge in [-0.3, -0.25) is 0 Å². The van der Waals surface area contributed by atoms with Crippen molar-refractivity contribution in [2.24, 2.45) is 0 Å². The minimum Gasteiger partial charge on any atom is -0.321 e. The summed E-state index contributed by atoms with van der Waals surface area (Å²) in [4.78, 5) is 4.27. The summed E-state index contributed by atoms with van der Waals surface area (Å²) < 4.78 is 25.7. The molecule has 90 valence electrons. The number of hydrogen-bond donors (Lipinski definition) is 0. The van der Waals surface area contributed by atoms with Gasteiger partial charge in [-0.1, -0.05) is 11.8 Å². The first-order valence-corrected chi connectivity index (χ1v) is 6.18. The summed E-state index contributed by atoms with van der Waals surface area (Å²) in [6.07, 6.45) is 1.52. The number of imidazole rings is 1. The number of aryl methyl sites for hydroxylation is 1. The molecule has 5 heteroatoms. The molecular weight excluding hydrogens is 230 g/mol. The monoisotopic (exact) mass is 246 g/mol. The second-order valence-electron chi connectivity index (χ2n) is 3.78. The maximum Gasteiger partial charge on any atom is 0.266 e. The molecule has 0 aromatic carbocycles. The molecule has 0 spiro atoms. The molecule has 0 aliphatic heterocycles. The third-order valence-corrected chi connectivity index (χ3v) is 3.11. The molecule has 0 radical (unpaired) electrons. The summed E-state index contributed by atoms with van der Waals surface area (Å²) in [7, 11) is 0. The number of nitrogens with zero attached hydrogens (tertiary/aromatic N) is 2. The molecular formula is C11H16F2N2S. The highest BCUT2D eigenvalue weighted by molar-refractivity contribution is 7.99. The average molecular weight is 246 g/mol. The number of rotatable bonds is 5. The lowest BCUT2D eigenvalue weighted by atomic mass is 10.4. The van der Waals surface area contributed by atoms with Gasteiger partial charge in [-0.2, -0.15) is 8.78 Å². The number of hydrogen-bond acceptors (Lipinski definition) is 2.